The second-order valence-corrected chi connectivity index (χ2v) is 8.49. The molecule has 154 valence electrons. The Morgan fingerprint density at radius 1 is 1.21 bits per heavy atom. The Morgan fingerprint density at radius 2 is 2.00 bits per heavy atom. The van der Waals surface area contributed by atoms with E-state index in [1.165, 1.54) is 55.9 Å². The fourth-order valence-corrected chi connectivity index (χ4v) is 4.53. The number of quaternary nitrogens is 1. The molecule has 0 saturated heterocycles. The molecular weight excluding hydrogens is 346 g/mol. The van der Waals surface area contributed by atoms with Crippen LogP contribution < -0.4 is 10.6 Å². The number of aromatic amines is 1. The molecular formula is C24H38N3O+. The number of rotatable bonds is 10. The molecule has 0 radical (unpaired) electrons. The average Bonchev–Trinajstić information content (AvgIpc) is 2.93. The lowest BCUT2D eigenvalue weighted by atomic mass is 9.96. The maximum atomic E-state index is 13.0. The summed E-state index contributed by atoms with van der Waals surface area (Å²) in [5, 5.41) is 6.74. The molecule has 0 spiro atoms. The average molecular weight is 385 g/mol. The number of fused-ring (bicyclic) bond motifs is 1. The number of unbranched alkanes of at least 4 members (excludes halogenated alkanes) is 1. The maximum absolute atomic E-state index is 13.0. The fourth-order valence-electron chi connectivity index (χ4n) is 4.53. The molecule has 1 heterocycles. The topological polar surface area (TPSA) is 61.5 Å². The molecule has 1 amide bonds. The summed E-state index contributed by atoms with van der Waals surface area (Å²) >= 11 is 0. The van der Waals surface area contributed by atoms with Gasteiger partial charge in [-0.2, -0.15) is 0 Å². The molecule has 1 fully saturated rings. The summed E-state index contributed by atoms with van der Waals surface area (Å²) in [4.78, 5) is 16.3. The van der Waals surface area contributed by atoms with Gasteiger partial charge in [-0.25, -0.2) is 0 Å². The number of hydrogen-bond acceptors (Lipinski definition) is 1. The first kappa shape index (κ1) is 20.9. The monoisotopic (exact) mass is 384 g/mol. The zero-order valence-electron chi connectivity index (χ0n) is 17.5. The van der Waals surface area contributed by atoms with Gasteiger partial charge in [0, 0.05) is 30.1 Å². The highest BCUT2D eigenvalue weighted by atomic mass is 16.2. The number of aromatic nitrogens is 1. The van der Waals surface area contributed by atoms with Gasteiger partial charge in [-0.05, 0) is 30.4 Å². The Bertz CT molecular complexity index is 715. The van der Waals surface area contributed by atoms with Crippen molar-refractivity contribution in [2.45, 2.75) is 77.2 Å². The lowest BCUT2D eigenvalue weighted by molar-refractivity contribution is -0.676. The van der Waals surface area contributed by atoms with Crippen LogP contribution in [-0.4, -0.2) is 30.0 Å². The molecule has 0 unspecified atom stereocenters. The molecule has 1 aromatic carbocycles. The van der Waals surface area contributed by atoms with E-state index in [0.717, 1.165) is 43.8 Å². The number of nitrogens with two attached hydrogens (primary N) is 1. The van der Waals surface area contributed by atoms with Crippen LogP contribution in [0.1, 0.15) is 70.3 Å². The van der Waals surface area contributed by atoms with E-state index in [1.54, 1.807) is 0 Å². The molecule has 0 bridgehead atoms. The minimum absolute atomic E-state index is 0.0418. The lowest BCUT2D eigenvalue weighted by Gasteiger charge is -2.18. The highest BCUT2D eigenvalue weighted by molar-refractivity contribution is 5.85. The molecule has 28 heavy (non-hydrogen) atoms. The van der Waals surface area contributed by atoms with E-state index in [1.807, 2.05) is 6.07 Å². The fraction of sp³-hybridized carbons (Fsp3) is 0.625. The van der Waals surface area contributed by atoms with Crippen molar-refractivity contribution in [2.75, 3.05) is 13.1 Å². The van der Waals surface area contributed by atoms with Crippen molar-refractivity contribution < 1.29 is 10.1 Å². The van der Waals surface area contributed by atoms with E-state index in [0.29, 0.717) is 0 Å². The molecule has 1 atom stereocenters. The van der Waals surface area contributed by atoms with Crippen LogP contribution >= 0.6 is 0 Å². The molecule has 1 aromatic heterocycles. The summed E-state index contributed by atoms with van der Waals surface area (Å²) in [5.41, 5.74) is 2.39. The van der Waals surface area contributed by atoms with Crippen LogP contribution in [0.5, 0.6) is 0 Å². The van der Waals surface area contributed by atoms with Crippen molar-refractivity contribution >= 4 is 16.8 Å². The summed E-state index contributed by atoms with van der Waals surface area (Å²) in [6, 6.07) is 8.32. The Hall–Kier alpha value is -1.81. The van der Waals surface area contributed by atoms with Gasteiger partial charge in [0.1, 0.15) is 0 Å². The summed E-state index contributed by atoms with van der Waals surface area (Å²) in [6.45, 7) is 4.05. The Kier molecular flexibility index (Phi) is 8.41. The number of amides is 1. The third-order valence-corrected chi connectivity index (χ3v) is 6.29. The van der Waals surface area contributed by atoms with Gasteiger partial charge in [-0.15, -0.1) is 0 Å². The quantitative estimate of drug-likeness (QED) is 0.422. The van der Waals surface area contributed by atoms with Crippen LogP contribution in [0.25, 0.3) is 10.9 Å². The third-order valence-electron chi connectivity index (χ3n) is 6.29. The standard InChI is InChI=1S/C24H37N3O/c1-2-3-15-25-23(17-20-18-27-22-13-9-8-12-21(20)22)24(28)26-16-14-19-10-6-4-5-7-11-19/h8-9,12-13,18-19,23,25,27H,2-7,10-11,14-17H2,1H3,(H,26,28)/p+1/t23-/m0/s1. The van der Waals surface area contributed by atoms with E-state index in [4.69, 9.17) is 0 Å². The van der Waals surface area contributed by atoms with Gasteiger partial charge in [0.2, 0.25) is 0 Å². The van der Waals surface area contributed by atoms with E-state index >= 15 is 0 Å². The van der Waals surface area contributed by atoms with Crippen molar-refractivity contribution in [3.05, 3.63) is 36.0 Å². The molecule has 1 aliphatic rings. The Morgan fingerprint density at radius 3 is 2.79 bits per heavy atom. The first-order valence-electron chi connectivity index (χ1n) is 11.4. The van der Waals surface area contributed by atoms with Crippen LogP contribution in [0.15, 0.2) is 30.5 Å². The molecule has 4 heteroatoms. The van der Waals surface area contributed by atoms with Gasteiger partial charge >= 0.3 is 0 Å². The van der Waals surface area contributed by atoms with Crippen LogP contribution in [0, 0.1) is 5.92 Å². The number of carbonyl (C=O) groups excluding carboxylic acids is 1. The number of para-hydroxylation sites is 1. The number of benzene rings is 1. The molecule has 1 aliphatic carbocycles. The Balaban J connectivity index is 1.56. The molecule has 3 rings (SSSR count). The second-order valence-electron chi connectivity index (χ2n) is 8.49. The number of hydrogen-bond donors (Lipinski definition) is 3. The zero-order valence-corrected chi connectivity index (χ0v) is 17.5. The lowest BCUT2D eigenvalue weighted by Crippen LogP contribution is -2.93. The molecule has 4 nitrogen and oxygen atoms in total. The zero-order chi connectivity index (χ0) is 19.6. The van der Waals surface area contributed by atoms with Crippen molar-refractivity contribution in [1.29, 1.82) is 0 Å². The van der Waals surface area contributed by atoms with Gasteiger partial charge in [0.15, 0.2) is 6.04 Å². The Labute approximate surface area is 169 Å². The normalized spacial score (nSPS) is 16.8. The van der Waals surface area contributed by atoms with Gasteiger partial charge in [0.25, 0.3) is 5.91 Å². The smallest absolute Gasteiger partial charge is 0.278 e. The summed E-state index contributed by atoms with van der Waals surface area (Å²) in [5.74, 6) is 1.01. The molecule has 0 aliphatic heterocycles. The first-order valence-corrected chi connectivity index (χ1v) is 11.4. The van der Waals surface area contributed by atoms with Crippen LogP contribution in [0.4, 0.5) is 0 Å². The van der Waals surface area contributed by atoms with Crippen molar-refractivity contribution in [3.8, 4) is 0 Å². The van der Waals surface area contributed by atoms with Crippen molar-refractivity contribution in [3.63, 3.8) is 0 Å². The van der Waals surface area contributed by atoms with Crippen LogP contribution in [-0.2, 0) is 11.2 Å². The SMILES string of the molecule is CCCC[NH2+][C@@H](Cc1c[nH]c2ccccc12)C(=O)NCCC1CCCCCC1. The second kappa shape index (κ2) is 11.3. The van der Waals surface area contributed by atoms with E-state index in [9.17, 15) is 4.79 Å². The van der Waals surface area contributed by atoms with Crippen molar-refractivity contribution in [1.82, 2.24) is 10.3 Å². The van der Waals surface area contributed by atoms with E-state index in [-0.39, 0.29) is 11.9 Å². The van der Waals surface area contributed by atoms with Gasteiger partial charge in [-0.1, -0.05) is 70.1 Å². The number of nitrogens with one attached hydrogen (secondary N) is 2. The molecule has 1 saturated carbocycles. The van der Waals surface area contributed by atoms with Crippen molar-refractivity contribution in [2.24, 2.45) is 5.92 Å². The minimum atomic E-state index is -0.0418. The van der Waals surface area contributed by atoms with Gasteiger partial charge < -0.3 is 15.6 Å². The van der Waals surface area contributed by atoms with Crippen LogP contribution in [0.2, 0.25) is 0 Å². The number of H-pyrrole nitrogens is 1. The summed E-state index contributed by atoms with van der Waals surface area (Å²) in [7, 11) is 0. The first-order chi connectivity index (χ1) is 13.8. The van der Waals surface area contributed by atoms with Gasteiger partial charge in [-0.3, -0.25) is 4.79 Å². The molecule has 2 aromatic rings. The van der Waals surface area contributed by atoms with Gasteiger partial charge in [0.05, 0.1) is 6.54 Å². The number of carbonyl (C=O) groups is 1. The highest BCUT2D eigenvalue weighted by Crippen LogP contribution is 2.25. The molecule has 4 N–H and O–H groups in total. The van der Waals surface area contributed by atoms with E-state index in [2.05, 4.69) is 46.9 Å². The predicted octanol–water partition coefficient (Wildman–Crippen LogP) is 3.92. The predicted molar refractivity (Wildman–Crippen MR) is 116 cm³/mol. The summed E-state index contributed by atoms with van der Waals surface area (Å²) < 4.78 is 0. The van der Waals surface area contributed by atoms with E-state index < -0.39 is 0 Å². The minimum Gasteiger partial charge on any atom is -0.361 e. The largest absolute Gasteiger partial charge is 0.361 e. The highest BCUT2D eigenvalue weighted by Gasteiger charge is 2.23. The maximum Gasteiger partial charge on any atom is 0.278 e. The third kappa shape index (κ3) is 6.10. The summed E-state index contributed by atoms with van der Waals surface area (Å²) in [6.07, 6.45) is 14.5. The van der Waals surface area contributed by atoms with Crippen LogP contribution in [0.3, 0.4) is 0 Å².